The van der Waals surface area contributed by atoms with Gasteiger partial charge in [-0.15, -0.1) is 0 Å². The molecule has 0 aliphatic heterocycles. The molecule has 17 heavy (non-hydrogen) atoms. The topological polar surface area (TPSA) is 47.1 Å². The summed E-state index contributed by atoms with van der Waals surface area (Å²) < 4.78 is 3.09. The highest BCUT2D eigenvalue weighted by molar-refractivity contribution is 9.10. The number of hydrogen-bond acceptors (Lipinski definition) is 3. The minimum absolute atomic E-state index is 0.415. The lowest BCUT2D eigenvalue weighted by Gasteiger charge is -2.21. The molecule has 1 aromatic heterocycles. The van der Waals surface area contributed by atoms with E-state index in [9.17, 15) is 0 Å². The van der Waals surface area contributed by atoms with Gasteiger partial charge in [0.1, 0.15) is 0 Å². The van der Waals surface area contributed by atoms with Crippen molar-refractivity contribution >= 4 is 32.9 Å². The Morgan fingerprint density at radius 2 is 2.18 bits per heavy atom. The Kier molecular flexibility index (Phi) is 3.40. The number of hydrogen-bond donors (Lipinski definition) is 1. The summed E-state index contributed by atoms with van der Waals surface area (Å²) in [5, 5.41) is 0. The standard InChI is InChI=1S/C12H17BrN4/c1-8(16(2)3)7-17-11-5-4-9(13)6-10(11)15-12(17)14/h4-6,8H,7H2,1-3H3,(H2,14,15). The van der Waals surface area contributed by atoms with Crippen LogP contribution in [0.1, 0.15) is 6.92 Å². The van der Waals surface area contributed by atoms with Crippen LogP contribution in [0.4, 0.5) is 5.95 Å². The van der Waals surface area contributed by atoms with E-state index in [1.54, 1.807) is 0 Å². The Bertz CT molecular complexity index is 533. The van der Waals surface area contributed by atoms with Crippen LogP contribution >= 0.6 is 15.9 Å². The summed E-state index contributed by atoms with van der Waals surface area (Å²) in [6.45, 7) is 3.01. The second-order valence-corrected chi connectivity index (χ2v) is 5.44. The first-order valence-corrected chi connectivity index (χ1v) is 6.36. The summed E-state index contributed by atoms with van der Waals surface area (Å²) in [5.41, 5.74) is 7.99. The quantitative estimate of drug-likeness (QED) is 0.946. The van der Waals surface area contributed by atoms with E-state index in [4.69, 9.17) is 5.73 Å². The zero-order valence-corrected chi connectivity index (χ0v) is 11.9. The predicted octanol–water partition coefficient (Wildman–Crippen LogP) is 2.33. The van der Waals surface area contributed by atoms with Crippen molar-refractivity contribution in [3.05, 3.63) is 22.7 Å². The summed E-state index contributed by atoms with van der Waals surface area (Å²) in [6.07, 6.45) is 0. The molecule has 0 fully saturated rings. The van der Waals surface area contributed by atoms with Crippen LogP contribution in [-0.4, -0.2) is 34.6 Å². The van der Waals surface area contributed by atoms with Gasteiger partial charge in [-0.3, -0.25) is 0 Å². The molecule has 0 spiro atoms. The fourth-order valence-electron chi connectivity index (χ4n) is 1.74. The van der Waals surface area contributed by atoms with Crippen LogP contribution in [0.3, 0.4) is 0 Å². The van der Waals surface area contributed by atoms with Gasteiger partial charge in [-0.25, -0.2) is 4.98 Å². The van der Waals surface area contributed by atoms with Gasteiger partial charge in [-0.1, -0.05) is 15.9 Å². The number of imidazole rings is 1. The molecule has 1 heterocycles. The van der Waals surface area contributed by atoms with E-state index in [-0.39, 0.29) is 0 Å². The number of benzene rings is 1. The second kappa shape index (κ2) is 4.66. The molecule has 1 aromatic carbocycles. The van der Waals surface area contributed by atoms with Crippen molar-refractivity contribution < 1.29 is 0 Å². The molecule has 0 aliphatic carbocycles. The minimum Gasteiger partial charge on any atom is -0.369 e. The molecule has 0 saturated heterocycles. The Balaban J connectivity index is 2.43. The van der Waals surface area contributed by atoms with Crippen molar-refractivity contribution in [1.82, 2.24) is 14.5 Å². The zero-order chi connectivity index (χ0) is 12.6. The number of halogens is 1. The first-order valence-electron chi connectivity index (χ1n) is 5.56. The van der Waals surface area contributed by atoms with Crippen molar-refractivity contribution in [1.29, 1.82) is 0 Å². The number of nitrogens with two attached hydrogens (primary N) is 1. The predicted molar refractivity (Wildman–Crippen MR) is 75.0 cm³/mol. The fraction of sp³-hybridized carbons (Fsp3) is 0.417. The van der Waals surface area contributed by atoms with Crippen LogP contribution in [0.2, 0.25) is 0 Å². The highest BCUT2D eigenvalue weighted by Gasteiger charge is 2.12. The third kappa shape index (κ3) is 2.45. The minimum atomic E-state index is 0.415. The zero-order valence-electron chi connectivity index (χ0n) is 10.3. The van der Waals surface area contributed by atoms with E-state index < -0.39 is 0 Å². The molecule has 2 N–H and O–H groups in total. The van der Waals surface area contributed by atoms with Gasteiger partial charge in [0.2, 0.25) is 5.95 Å². The fourth-order valence-corrected chi connectivity index (χ4v) is 2.09. The van der Waals surface area contributed by atoms with Crippen LogP contribution in [0.25, 0.3) is 11.0 Å². The molecule has 0 aliphatic rings. The largest absolute Gasteiger partial charge is 0.369 e. The maximum atomic E-state index is 5.97. The van der Waals surface area contributed by atoms with Crippen LogP contribution in [0.15, 0.2) is 22.7 Å². The maximum absolute atomic E-state index is 5.97. The van der Waals surface area contributed by atoms with Crippen LogP contribution in [-0.2, 0) is 6.54 Å². The molecule has 5 heteroatoms. The van der Waals surface area contributed by atoms with Gasteiger partial charge in [0.15, 0.2) is 0 Å². The van der Waals surface area contributed by atoms with E-state index in [2.05, 4.69) is 51.4 Å². The lowest BCUT2D eigenvalue weighted by atomic mass is 10.3. The molecule has 92 valence electrons. The molecule has 0 bridgehead atoms. The van der Waals surface area contributed by atoms with Gasteiger partial charge < -0.3 is 15.2 Å². The van der Waals surface area contributed by atoms with Gasteiger partial charge in [0, 0.05) is 17.1 Å². The van der Waals surface area contributed by atoms with Gasteiger partial charge in [-0.2, -0.15) is 0 Å². The molecule has 1 unspecified atom stereocenters. The van der Waals surface area contributed by atoms with Crippen molar-refractivity contribution in [2.45, 2.75) is 19.5 Å². The Labute approximate surface area is 110 Å². The van der Waals surface area contributed by atoms with Crippen molar-refractivity contribution in [3.63, 3.8) is 0 Å². The van der Waals surface area contributed by atoms with Gasteiger partial charge in [0.05, 0.1) is 11.0 Å². The van der Waals surface area contributed by atoms with E-state index in [0.717, 1.165) is 22.1 Å². The molecule has 0 radical (unpaired) electrons. The third-order valence-corrected chi connectivity index (χ3v) is 3.56. The third-order valence-electron chi connectivity index (χ3n) is 3.07. The Morgan fingerprint density at radius 1 is 1.47 bits per heavy atom. The SMILES string of the molecule is CC(Cn1c(N)nc2cc(Br)ccc21)N(C)C. The normalized spacial score (nSPS) is 13.5. The van der Waals surface area contributed by atoms with Crippen LogP contribution < -0.4 is 5.73 Å². The number of nitrogen functional groups attached to an aromatic ring is 1. The molecular weight excluding hydrogens is 280 g/mol. The van der Waals surface area contributed by atoms with E-state index in [0.29, 0.717) is 12.0 Å². The summed E-state index contributed by atoms with van der Waals surface area (Å²) >= 11 is 3.44. The lowest BCUT2D eigenvalue weighted by Crippen LogP contribution is -2.29. The summed E-state index contributed by atoms with van der Waals surface area (Å²) in [6, 6.07) is 6.46. The smallest absolute Gasteiger partial charge is 0.201 e. The van der Waals surface area contributed by atoms with Gasteiger partial charge in [0.25, 0.3) is 0 Å². The average molecular weight is 297 g/mol. The molecule has 2 rings (SSSR count). The van der Waals surface area contributed by atoms with E-state index >= 15 is 0 Å². The van der Waals surface area contributed by atoms with E-state index in [1.165, 1.54) is 0 Å². The highest BCUT2D eigenvalue weighted by Crippen LogP contribution is 2.22. The summed E-state index contributed by atoms with van der Waals surface area (Å²) in [7, 11) is 4.13. The molecule has 0 saturated carbocycles. The number of aromatic nitrogens is 2. The highest BCUT2D eigenvalue weighted by atomic mass is 79.9. The van der Waals surface area contributed by atoms with Gasteiger partial charge >= 0.3 is 0 Å². The van der Waals surface area contributed by atoms with E-state index in [1.807, 2.05) is 18.2 Å². The first kappa shape index (κ1) is 12.4. The van der Waals surface area contributed by atoms with Crippen LogP contribution in [0.5, 0.6) is 0 Å². The van der Waals surface area contributed by atoms with Crippen molar-refractivity contribution in [2.75, 3.05) is 19.8 Å². The number of nitrogens with zero attached hydrogens (tertiary/aromatic N) is 3. The number of fused-ring (bicyclic) bond motifs is 1. The van der Waals surface area contributed by atoms with Crippen molar-refractivity contribution in [2.24, 2.45) is 0 Å². The Hall–Kier alpha value is -1.07. The molecule has 0 amide bonds. The molecule has 1 atom stereocenters. The molecule has 2 aromatic rings. The number of anilines is 1. The number of likely N-dealkylation sites (N-methyl/N-ethyl adjacent to an activating group) is 1. The van der Waals surface area contributed by atoms with Crippen LogP contribution in [0, 0.1) is 0 Å². The summed E-state index contributed by atoms with van der Waals surface area (Å²) in [5.74, 6) is 0.576. The average Bonchev–Trinajstić information content (AvgIpc) is 2.54. The van der Waals surface area contributed by atoms with Gasteiger partial charge in [-0.05, 0) is 39.2 Å². The molecular formula is C12H17BrN4. The van der Waals surface area contributed by atoms with Crippen molar-refractivity contribution in [3.8, 4) is 0 Å². The lowest BCUT2D eigenvalue weighted by molar-refractivity contribution is 0.287. The second-order valence-electron chi connectivity index (χ2n) is 4.53. The summed E-state index contributed by atoms with van der Waals surface area (Å²) in [4.78, 5) is 6.55. The maximum Gasteiger partial charge on any atom is 0.201 e. The number of rotatable bonds is 3. The Morgan fingerprint density at radius 3 is 2.82 bits per heavy atom. The first-order chi connectivity index (χ1) is 7.99. The monoisotopic (exact) mass is 296 g/mol. The molecule has 4 nitrogen and oxygen atoms in total.